The van der Waals surface area contributed by atoms with E-state index in [2.05, 4.69) is 20.9 Å². The van der Waals surface area contributed by atoms with E-state index in [0.717, 1.165) is 10.9 Å². The second-order valence-electron chi connectivity index (χ2n) is 6.91. The van der Waals surface area contributed by atoms with Crippen LogP contribution in [-0.4, -0.2) is 26.8 Å². The summed E-state index contributed by atoms with van der Waals surface area (Å²) in [7, 11) is 1.71. The smallest absolute Gasteiger partial charge is 0.231 e. The fourth-order valence-corrected chi connectivity index (χ4v) is 3.71. The Balaban J connectivity index is 1.45. The number of rotatable bonds is 4. The lowest BCUT2D eigenvalue weighted by Gasteiger charge is -2.22. The number of anilines is 2. The van der Waals surface area contributed by atoms with Gasteiger partial charge in [-0.05, 0) is 24.3 Å². The van der Waals surface area contributed by atoms with Gasteiger partial charge in [0.05, 0.1) is 24.2 Å². The SMILES string of the molecule is Cn1nc(NC(=O)Cc2noc3ccccc23)c2c1NC(=O)CC2c1ccco1. The first-order chi connectivity index (χ1) is 14.1. The Morgan fingerprint density at radius 2 is 2.17 bits per heavy atom. The van der Waals surface area contributed by atoms with Gasteiger partial charge in [-0.1, -0.05) is 17.3 Å². The van der Waals surface area contributed by atoms with E-state index in [-0.39, 0.29) is 30.6 Å². The van der Waals surface area contributed by atoms with E-state index in [1.165, 1.54) is 0 Å². The lowest BCUT2D eigenvalue weighted by molar-refractivity contribution is -0.117. The van der Waals surface area contributed by atoms with Gasteiger partial charge in [-0.3, -0.25) is 14.3 Å². The predicted octanol–water partition coefficient (Wildman–Crippen LogP) is 2.81. The average molecular weight is 391 g/mol. The summed E-state index contributed by atoms with van der Waals surface area (Å²) in [6.45, 7) is 0. The summed E-state index contributed by atoms with van der Waals surface area (Å²) in [5.41, 5.74) is 1.91. The molecule has 3 aromatic heterocycles. The number of hydrogen-bond acceptors (Lipinski definition) is 6. The molecule has 0 radical (unpaired) electrons. The molecule has 9 nitrogen and oxygen atoms in total. The minimum absolute atomic E-state index is 0.0418. The first-order valence-corrected chi connectivity index (χ1v) is 9.13. The molecule has 0 spiro atoms. The van der Waals surface area contributed by atoms with Crippen LogP contribution in [0.5, 0.6) is 0 Å². The summed E-state index contributed by atoms with van der Waals surface area (Å²) in [4.78, 5) is 24.9. The van der Waals surface area contributed by atoms with Crippen LogP contribution < -0.4 is 10.6 Å². The highest BCUT2D eigenvalue weighted by Gasteiger charge is 2.35. The lowest BCUT2D eigenvalue weighted by Crippen LogP contribution is -2.25. The van der Waals surface area contributed by atoms with Crippen molar-refractivity contribution >= 4 is 34.4 Å². The molecule has 9 heteroatoms. The highest BCUT2D eigenvalue weighted by atomic mass is 16.5. The number of carbonyl (C=O) groups excluding carboxylic acids is 2. The third kappa shape index (κ3) is 2.96. The van der Waals surface area contributed by atoms with Crippen molar-refractivity contribution in [3.63, 3.8) is 0 Å². The van der Waals surface area contributed by atoms with Crippen molar-refractivity contribution in [2.45, 2.75) is 18.8 Å². The fraction of sp³-hybridized carbons (Fsp3) is 0.200. The summed E-state index contributed by atoms with van der Waals surface area (Å²) in [5, 5.41) is 14.9. The molecular formula is C20H17N5O4. The molecule has 146 valence electrons. The number of furan rings is 1. The van der Waals surface area contributed by atoms with Crippen LogP contribution >= 0.6 is 0 Å². The predicted molar refractivity (Wildman–Crippen MR) is 103 cm³/mol. The van der Waals surface area contributed by atoms with E-state index < -0.39 is 0 Å². The van der Waals surface area contributed by atoms with Crippen LogP contribution in [0.2, 0.25) is 0 Å². The Hall–Kier alpha value is -3.88. The number of nitrogens with zero attached hydrogens (tertiary/aromatic N) is 3. The molecule has 2 N–H and O–H groups in total. The molecule has 1 unspecified atom stereocenters. The van der Waals surface area contributed by atoms with E-state index in [0.29, 0.717) is 28.7 Å². The van der Waals surface area contributed by atoms with Gasteiger partial charge in [-0.2, -0.15) is 5.10 Å². The molecule has 1 atom stereocenters. The van der Waals surface area contributed by atoms with Crippen LogP contribution in [0.4, 0.5) is 11.6 Å². The zero-order valence-corrected chi connectivity index (χ0v) is 15.5. The topological polar surface area (TPSA) is 115 Å². The number of carbonyl (C=O) groups is 2. The van der Waals surface area contributed by atoms with Gasteiger partial charge in [0.1, 0.15) is 17.3 Å². The second-order valence-corrected chi connectivity index (χ2v) is 6.91. The molecular weight excluding hydrogens is 374 g/mol. The lowest BCUT2D eigenvalue weighted by atomic mass is 9.91. The summed E-state index contributed by atoms with van der Waals surface area (Å²) < 4.78 is 12.3. The number of para-hydroxylation sites is 1. The van der Waals surface area contributed by atoms with Crippen molar-refractivity contribution < 1.29 is 18.5 Å². The van der Waals surface area contributed by atoms with Gasteiger partial charge >= 0.3 is 0 Å². The summed E-state index contributed by atoms with van der Waals surface area (Å²) in [6.07, 6.45) is 1.81. The Bertz CT molecular complexity index is 1220. The van der Waals surface area contributed by atoms with Crippen molar-refractivity contribution in [2.24, 2.45) is 7.05 Å². The molecule has 0 saturated carbocycles. The first kappa shape index (κ1) is 17.2. The third-order valence-corrected chi connectivity index (χ3v) is 5.00. The Kier molecular flexibility index (Phi) is 3.94. The maximum Gasteiger partial charge on any atom is 0.231 e. The molecule has 2 amide bonds. The van der Waals surface area contributed by atoms with Crippen molar-refractivity contribution in [1.82, 2.24) is 14.9 Å². The normalized spacial score (nSPS) is 15.9. The van der Waals surface area contributed by atoms with Gasteiger partial charge in [0.25, 0.3) is 0 Å². The zero-order chi connectivity index (χ0) is 20.0. The number of nitrogens with one attached hydrogen (secondary N) is 2. The Labute approximate surface area is 164 Å². The summed E-state index contributed by atoms with van der Waals surface area (Å²) in [6, 6.07) is 11.0. The zero-order valence-electron chi connectivity index (χ0n) is 15.5. The second kappa shape index (κ2) is 6.62. The molecule has 1 aliphatic rings. The highest BCUT2D eigenvalue weighted by molar-refractivity contribution is 5.99. The van der Waals surface area contributed by atoms with E-state index in [1.807, 2.05) is 24.3 Å². The molecule has 4 aromatic rings. The van der Waals surface area contributed by atoms with Crippen molar-refractivity contribution in [3.8, 4) is 0 Å². The van der Waals surface area contributed by atoms with Crippen molar-refractivity contribution in [1.29, 1.82) is 0 Å². The Morgan fingerprint density at radius 1 is 1.31 bits per heavy atom. The number of aromatic nitrogens is 3. The van der Waals surface area contributed by atoms with Crippen LogP contribution in [0.15, 0.2) is 51.6 Å². The van der Waals surface area contributed by atoms with E-state index in [1.54, 1.807) is 30.1 Å². The van der Waals surface area contributed by atoms with Gasteiger partial charge in [-0.15, -0.1) is 0 Å². The van der Waals surface area contributed by atoms with Crippen molar-refractivity contribution in [3.05, 3.63) is 59.7 Å². The molecule has 1 aliphatic heterocycles. The minimum Gasteiger partial charge on any atom is -0.469 e. The van der Waals surface area contributed by atoms with Crippen LogP contribution in [-0.2, 0) is 23.1 Å². The molecule has 0 aliphatic carbocycles. The van der Waals surface area contributed by atoms with Crippen LogP contribution in [0, 0.1) is 0 Å². The first-order valence-electron chi connectivity index (χ1n) is 9.13. The number of aryl methyl sites for hydroxylation is 1. The number of benzene rings is 1. The van der Waals surface area contributed by atoms with Gasteiger partial charge < -0.3 is 19.6 Å². The maximum atomic E-state index is 12.7. The Morgan fingerprint density at radius 3 is 3.00 bits per heavy atom. The standard InChI is InChI=1S/C20H17N5O4/c1-25-20-18(12(9-16(26)22-20)14-7-4-8-28-14)19(23-25)21-17(27)10-13-11-5-2-3-6-15(11)29-24-13/h2-8,12H,9-10H2,1H3,(H,22,26)(H,21,23,27). The molecule has 29 heavy (non-hydrogen) atoms. The van der Waals surface area contributed by atoms with E-state index in [9.17, 15) is 9.59 Å². The number of hydrogen-bond donors (Lipinski definition) is 2. The fourth-order valence-electron chi connectivity index (χ4n) is 3.71. The molecule has 5 rings (SSSR count). The van der Waals surface area contributed by atoms with Gasteiger partial charge in [0, 0.05) is 18.9 Å². The number of fused-ring (bicyclic) bond motifs is 2. The van der Waals surface area contributed by atoms with E-state index in [4.69, 9.17) is 8.94 Å². The average Bonchev–Trinajstić information content (AvgIpc) is 3.43. The molecule has 0 fully saturated rings. The van der Waals surface area contributed by atoms with Gasteiger partial charge in [0.15, 0.2) is 11.4 Å². The van der Waals surface area contributed by atoms with Crippen molar-refractivity contribution in [2.75, 3.05) is 10.6 Å². The summed E-state index contributed by atoms with van der Waals surface area (Å²) in [5.74, 6) is 0.846. The van der Waals surface area contributed by atoms with Gasteiger partial charge in [-0.25, -0.2) is 0 Å². The number of amides is 2. The van der Waals surface area contributed by atoms with Crippen LogP contribution in [0.1, 0.15) is 29.4 Å². The highest BCUT2D eigenvalue weighted by Crippen LogP contribution is 2.41. The van der Waals surface area contributed by atoms with Gasteiger partial charge in [0.2, 0.25) is 11.8 Å². The van der Waals surface area contributed by atoms with Crippen LogP contribution in [0.25, 0.3) is 11.0 Å². The third-order valence-electron chi connectivity index (χ3n) is 5.00. The maximum absolute atomic E-state index is 12.7. The molecule has 0 bridgehead atoms. The minimum atomic E-state index is -0.328. The quantitative estimate of drug-likeness (QED) is 0.553. The molecule has 0 saturated heterocycles. The molecule has 4 heterocycles. The monoisotopic (exact) mass is 391 g/mol. The van der Waals surface area contributed by atoms with E-state index >= 15 is 0 Å². The van der Waals surface area contributed by atoms with Crippen LogP contribution in [0.3, 0.4) is 0 Å². The molecule has 1 aromatic carbocycles. The summed E-state index contributed by atoms with van der Waals surface area (Å²) >= 11 is 0. The largest absolute Gasteiger partial charge is 0.469 e.